The smallest absolute Gasteiger partial charge is 0.257 e. The molecule has 0 spiro atoms. The van der Waals surface area contributed by atoms with E-state index in [0.717, 1.165) is 25.0 Å². The van der Waals surface area contributed by atoms with E-state index in [1.165, 1.54) is 0 Å². The second-order valence-corrected chi connectivity index (χ2v) is 4.33. The van der Waals surface area contributed by atoms with Crippen molar-refractivity contribution in [2.75, 3.05) is 26.4 Å². The van der Waals surface area contributed by atoms with Crippen molar-refractivity contribution in [1.82, 2.24) is 5.32 Å². The van der Waals surface area contributed by atoms with Crippen molar-refractivity contribution in [3.8, 4) is 11.5 Å². The molecule has 0 aliphatic heterocycles. The second-order valence-electron chi connectivity index (χ2n) is 4.33. The van der Waals surface area contributed by atoms with Crippen molar-refractivity contribution in [2.45, 2.75) is 26.2 Å². The van der Waals surface area contributed by atoms with E-state index < -0.39 is 0 Å². The summed E-state index contributed by atoms with van der Waals surface area (Å²) >= 11 is 0. The lowest BCUT2D eigenvalue weighted by molar-refractivity contribution is -0.123. The van der Waals surface area contributed by atoms with Crippen LogP contribution in [0.2, 0.25) is 0 Å². The first kappa shape index (κ1) is 16.3. The summed E-state index contributed by atoms with van der Waals surface area (Å²) < 4.78 is 10.7. The molecule has 0 fully saturated rings. The Balaban J connectivity index is 2.16. The molecule has 0 saturated heterocycles. The minimum Gasteiger partial charge on any atom is -0.494 e. The van der Waals surface area contributed by atoms with Crippen molar-refractivity contribution < 1.29 is 19.4 Å². The van der Waals surface area contributed by atoms with E-state index in [4.69, 9.17) is 14.6 Å². The van der Waals surface area contributed by atoms with Crippen LogP contribution in [0.3, 0.4) is 0 Å². The van der Waals surface area contributed by atoms with Crippen LogP contribution in [0, 0.1) is 0 Å². The molecular weight excluding hydrogens is 258 g/mol. The van der Waals surface area contributed by atoms with E-state index in [2.05, 4.69) is 5.32 Å². The van der Waals surface area contributed by atoms with Crippen LogP contribution >= 0.6 is 0 Å². The molecule has 1 aromatic carbocycles. The molecule has 1 rings (SSSR count). The molecule has 0 aromatic heterocycles. The Hall–Kier alpha value is -1.75. The van der Waals surface area contributed by atoms with Crippen LogP contribution in [0.15, 0.2) is 24.3 Å². The lowest BCUT2D eigenvalue weighted by Gasteiger charge is -2.08. The summed E-state index contributed by atoms with van der Waals surface area (Å²) in [4.78, 5) is 11.5. The lowest BCUT2D eigenvalue weighted by atomic mass is 10.2. The molecule has 5 nitrogen and oxygen atoms in total. The Labute approximate surface area is 119 Å². The van der Waals surface area contributed by atoms with Gasteiger partial charge >= 0.3 is 0 Å². The third kappa shape index (κ3) is 6.99. The molecule has 0 atom stereocenters. The van der Waals surface area contributed by atoms with Gasteiger partial charge in [-0.15, -0.1) is 0 Å². The highest BCUT2D eigenvalue weighted by Gasteiger charge is 2.02. The maximum absolute atomic E-state index is 11.5. The summed E-state index contributed by atoms with van der Waals surface area (Å²) in [7, 11) is 0. The van der Waals surface area contributed by atoms with Gasteiger partial charge in [0.1, 0.15) is 11.5 Å². The number of benzene rings is 1. The Morgan fingerprint density at radius 2 is 1.75 bits per heavy atom. The van der Waals surface area contributed by atoms with E-state index in [1.54, 1.807) is 12.1 Å². The molecule has 0 heterocycles. The number of ether oxygens (including phenoxy) is 2. The van der Waals surface area contributed by atoms with Crippen LogP contribution in [0.1, 0.15) is 26.2 Å². The summed E-state index contributed by atoms with van der Waals surface area (Å²) in [5, 5.41) is 11.4. The molecular formula is C15H23NO4. The van der Waals surface area contributed by atoms with Crippen molar-refractivity contribution >= 4 is 5.91 Å². The quantitative estimate of drug-likeness (QED) is 0.641. The van der Waals surface area contributed by atoms with Crippen molar-refractivity contribution in [3.05, 3.63) is 24.3 Å². The van der Waals surface area contributed by atoms with Crippen LogP contribution < -0.4 is 14.8 Å². The Morgan fingerprint density at radius 3 is 2.35 bits per heavy atom. The minimum absolute atomic E-state index is 0.00792. The minimum atomic E-state index is -0.136. The van der Waals surface area contributed by atoms with E-state index in [0.29, 0.717) is 18.9 Å². The zero-order valence-electron chi connectivity index (χ0n) is 11.9. The highest BCUT2D eigenvalue weighted by atomic mass is 16.5. The Kier molecular flexibility index (Phi) is 8.22. The molecule has 112 valence electrons. The normalized spacial score (nSPS) is 10.1. The average molecular weight is 281 g/mol. The number of amides is 1. The van der Waals surface area contributed by atoms with E-state index in [-0.39, 0.29) is 19.1 Å². The van der Waals surface area contributed by atoms with Crippen molar-refractivity contribution in [2.24, 2.45) is 0 Å². The van der Waals surface area contributed by atoms with Gasteiger partial charge in [-0.1, -0.05) is 0 Å². The predicted octanol–water partition coefficient (Wildman–Crippen LogP) is 1.74. The van der Waals surface area contributed by atoms with E-state index >= 15 is 0 Å². The Bertz CT molecular complexity index is 378. The first-order valence-corrected chi connectivity index (χ1v) is 6.99. The van der Waals surface area contributed by atoms with Gasteiger partial charge in [0, 0.05) is 13.2 Å². The van der Waals surface area contributed by atoms with Crippen molar-refractivity contribution in [1.29, 1.82) is 0 Å². The van der Waals surface area contributed by atoms with Gasteiger partial charge < -0.3 is 19.9 Å². The Morgan fingerprint density at radius 1 is 1.10 bits per heavy atom. The fourth-order valence-corrected chi connectivity index (χ4v) is 1.64. The highest BCUT2D eigenvalue weighted by molar-refractivity contribution is 5.77. The van der Waals surface area contributed by atoms with Gasteiger partial charge in [0.05, 0.1) is 6.61 Å². The molecule has 0 unspecified atom stereocenters. The summed E-state index contributed by atoms with van der Waals surface area (Å²) in [6, 6.07) is 7.18. The summed E-state index contributed by atoms with van der Waals surface area (Å²) in [6.45, 7) is 3.38. The number of aliphatic hydroxyl groups excluding tert-OH is 1. The second kappa shape index (κ2) is 10.1. The first-order chi connectivity index (χ1) is 9.76. The number of hydrogen-bond acceptors (Lipinski definition) is 4. The molecule has 0 bridgehead atoms. The molecule has 0 aliphatic carbocycles. The number of aliphatic hydroxyl groups is 1. The number of unbranched alkanes of at least 4 members (excludes halogenated alkanes) is 2. The molecule has 2 N–H and O–H groups in total. The van der Waals surface area contributed by atoms with Gasteiger partial charge in [0.2, 0.25) is 0 Å². The monoisotopic (exact) mass is 281 g/mol. The van der Waals surface area contributed by atoms with Crippen LogP contribution in [0.5, 0.6) is 11.5 Å². The fourth-order valence-electron chi connectivity index (χ4n) is 1.64. The molecule has 0 aliphatic rings. The molecule has 0 radical (unpaired) electrons. The molecule has 0 saturated carbocycles. The standard InChI is InChI=1S/C15H23NO4/c1-2-19-13-6-8-14(9-7-13)20-12-15(18)16-10-4-3-5-11-17/h6-9,17H,2-5,10-12H2,1H3,(H,16,18). The van der Waals surface area contributed by atoms with Gasteiger partial charge in [0.15, 0.2) is 6.61 Å². The van der Waals surface area contributed by atoms with Crippen LogP contribution in [-0.2, 0) is 4.79 Å². The number of carbonyl (C=O) groups excluding carboxylic acids is 1. The zero-order valence-corrected chi connectivity index (χ0v) is 11.9. The fraction of sp³-hybridized carbons (Fsp3) is 0.533. The third-order valence-corrected chi connectivity index (χ3v) is 2.66. The summed E-state index contributed by atoms with van der Waals surface area (Å²) in [5.74, 6) is 1.29. The van der Waals surface area contributed by atoms with Gasteiger partial charge in [0.25, 0.3) is 5.91 Å². The van der Waals surface area contributed by atoms with Crippen LogP contribution in [-0.4, -0.2) is 37.4 Å². The van der Waals surface area contributed by atoms with E-state index in [9.17, 15) is 4.79 Å². The largest absolute Gasteiger partial charge is 0.494 e. The number of nitrogens with one attached hydrogen (secondary N) is 1. The summed E-state index contributed by atoms with van der Waals surface area (Å²) in [5.41, 5.74) is 0. The highest BCUT2D eigenvalue weighted by Crippen LogP contribution is 2.17. The summed E-state index contributed by atoms with van der Waals surface area (Å²) in [6.07, 6.45) is 2.56. The zero-order chi connectivity index (χ0) is 14.6. The van der Waals surface area contributed by atoms with Gasteiger partial charge in [-0.05, 0) is 50.5 Å². The molecule has 1 aromatic rings. The maximum Gasteiger partial charge on any atom is 0.257 e. The van der Waals surface area contributed by atoms with Gasteiger partial charge in [-0.2, -0.15) is 0 Å². The van der Waals surface area contributed by atoms with Crippen LogP contribution in [0.25, 0.3) is 0 Å². The lowest BCUT2D eigenvalue weighted by Crippen LogP contribution is -2.29. The molecule has 5 heteroatoms. The van der Waals surface area contributed by atoms with E-state index in [1.807, 2.05) is 19.1 Å². The van der Waals surface area contributed by atoms with Crippen LogP contribution in [0.4, 0.5) is 0 Å². The first-order valence-electron chi connectivity index (χ1n) is 6.99. The number of carbonyl (C=O) groups is 1. The maximum atomic E-state index is 11.5. The predicted molar refractivity (Wildman–Crippen MR) is 77.1 cm³/mol. The topological polar surface area (TPSA) is 67.8 Å². The van der Waals surface area contributed by atoms with Gasteiger partial charge in [-0.25, -0.2) is 0 Å². The average Bonchev–Trinajstić information content (AvgIpc) is 2.47. The number of hydrogen-bond donors (Lipinski definition) is 2. The third-order valence-electron chi connectivity index (χ3n) is 2.66. The molecule has 1 amide bonds. The van der Waals surface area contributed by atoms with Crippen molar-refractivity contribution in [3.63, 3.8) is 0 Å². The SMILES string of the molecule is CCOc1ccc(OCC(=O)NCCCCCO)cc1. The molecule has 20 heavy (non-hydrogen) atoms. The van der Waals surface area contributed by atoms with Gasteiger partial charge in [-0.3, -0.25) is 4.79 Å². The number of rotatable bonds is 10.